The Morgan fingerprint density at radius 2 is 2.23 bits per heavy atom. The van der Waals surface area contributed by atoms with E-state index in [0.29, 0.717) is 16.1 Å². The molecule has 0 fully saturated rings. The largest absolute Gasteiger partial charge is 0.495 e. The predicted molar refractivity (Wildman–Crippen MR) is 54.9 cm³/mol. The van der Waals surface area contributed by atoms with Crippen LogP contribution in [0.5, 0.6) is 5.75 Å². The summed E-state index contributed by atoms with van der Waals surface area (Å²) in [6, 6.07) is 5.44. The van der Waals surface area contributed by atoms with Gasteiger partial charge < -0.3 is 14.9 Å². The first-order valence-electron chi connectivity index (χ1n) is 3.74. The fourth-order valence-electron chi connectivity index (χ4n) is 1.26. The van der Waals surface area contributed by atoms with Crippen LogP contribution in [0.2, 0.25) is 0 Å². The van der Waals surface area contributed by atoms with Crippen molar-refractivity contribution in [3.63, 3.8) is 0 Å². The van der Waals surface area contributed by atoms with E-state index in [2.05, 4.69) is 15.9 Å². The van der Waals surface area contributed by atoms with Crippen molar-refractivity contribution in [2.45, 2.75) is 0 Å². The summed E-state index contributed by atoms with van der Waals surface area (Å²) >= 11 is 3.24. The number of halogens is 1. The van der Waals surface area contributed by atoms with Crippen LogP contribution in [0.15, 0.2) is 27.3 Å². The third-order valence-electron chi connectivity index (χ3n) is 1.89. The Labute approximate surface area is 83.6 Å². The number of methoxy groups -OCH3 is 1. The molecule has 0 bridgehead atoms. The van der Waals surface area contributed by atoms with Crippen LogP contribution >= 0.6 is 15.9 Å². The SMILES string of the molecule is COc1ccc2oc(Br)cc2c1N. The second-order valence-corrected chi connectivity index (χ2v) is 3.43. The Morgan fingerprint density at radius 3 is 2.92 bits per heavy atom. The Balaban J connectivity index is 2.78. The van der Waals surface area contributed by atoms with E-state index in [9.17, 15) is 0 Å². The average molecular weight is 242 g/mol. The zero-order valence-electron chi connectivity index (χ0n) is 7.00. The molecule has 0 atom stereocenters. The van der Waals surface area contributed by atoms with Crippen LogP contribution in [0.4, 0.5) is 5.69 Å². The van der Waals surface area contributed by atoms with Crippen LogP contribution in [0.3, 0.4) is 0 Å². The van der Waals surface area contributed by atoms with Gasteiger partial charge in [-0.15, -0.1) is 0 Å². The van der Waals surface area contributed by atoms with Crippen molar-refractivity contribution in [1.82, 2.24) is 0 Å². The molecule has 68 valence electrons. The number of furan rings is 1. The summed E-state index contributed by atoms with van der Waals surface area (Å²) in [5.41, 5.74) is 7.20. The van der Waals surface area contributed by atoms with Crippen LogP contribution in [0.25, 0.3) is 11.0 Å². The quantitative estimate of drug-likeness (QED) is 0.782. The van der Waals surface area contributed by atoms with Gasteiger partial charge in [0.2, 0.25) is 0 Å². The number of anilines is 1. The van der Waals surface area contributed by atoms with Gasteiger partial charge in [0.1, 0.15) is 11.3 Å². The van der Waals surface area contributed by atoms with Gasteiger partial charge in [-0.3, -0.25) is 0 Å². The molecule has 1 heterocycles. The topological polar surface area (TPSA) is 48.4 Å². The lowest BCUT2D eigenvalue weighted by atomic mass is 10.2. The summed E-state index contributed by atoms with van der Waals surface area (Å²) in [7, 11) is 1.59. The number of fused-ring (bicyclic) bond motifs is 1. The van der Waals surface area contributed by atoms with Gasteiger partial charge in [-0.2, -0.15) is 0 Å². The zero-order chi connectivity index (χ0) is 9.42. The maximum Gasteiger partial charge on any atom is 0.170 e. The van der Waals surface area contributed by atoms with E-state index in [4.69, 9.17) is 14.9 Å². The Bertz CT molecular complexity index is 450. The summed E-state index contributed by atoms with van der Waals surface area (Å²) in [6.07, 6.45) is 0. The van der Waals surface area contributed by atoms with Crippen molar-refractivity contribution in [3.8, 4) is 5.75 Å². The highest BCUT2D eigenvalue weighted by atomic mass is 79.9. The lowest BCUT2D eigenvalue weighted by Crippen LogP contribution is -1.91. The van der Waals surface area contributed by atoms with Gasteiger partial charge in [-0.25, -0.2) is 0 Å². The van der Waals surface area contributed by atoms with Crippen molar-refractivity contribution in [2.75, 3.05) is 12.8 Å². The fraction of sp³-hybridized carbons (Fsp3) is 0.111. The molecule has 1 aromatic carbocycles. The highest BCUT2D eigenvalue weighted by Gasteiger charge is 2.08. The predicted octanol–water partition coefficient (Wildman–Crippen LogP) is 2.79. The van der Waals surface area contributed by atoms with Crippen molar-refractivity contribution in [2.24, 2.45) is 0 Å². The van der Waals surface area contributed by atoms with E-state index < -0.39 is 0 Å². The minimum absolute atomic E-state index is 0.606. The standard InChI is InChI=1S/C9H8BrNO2/c1-12-7-3-2-6-5(9(7)11)4-8(10)13-6/h2-4H,11H2,1H3. The third kappa shape index (κ3) is 1.27. The molecule has 0 saturated heterocycles. The average Bonchev–Trinajstić information content (AvgIpc) is 2.47. The van der Waals surface area contributed by atoms with E-state index in [-0.39, 0.29) is 0 Å². The first kappa shape index (κ1) is 8.44. The number of nitrogen functional groups attached to an aromatic ring is 1. The third-order valence-corrected chi connectivity index (χ3v) is 2.28. The molecule has 0 radical (unpaired) electrons. The summed E-state index contributed by atoms with van der Waals surface area (Å²) in [5.74, 6) is 0.667. The lowest BCUT2D eigenvalue weighted by Gasteiger charge is -2.03. The van der Waals surface area contributed by atoms with Gasteiger partial charge in [-0.1, -0.05) is 0 Å². The van der Waals surface area contributed by atoms with Crippen LogP contribution in [0, 0.1) is 0 Å². The number of ether oxygens (including phenoxy) is 1. The van der Waals surface area contributed by atoms with E-state index in [1.807, 2.05) is 12.1 Å². The highest BCUT2D eigenvalue weighted by molar-refractivity contribution is 9.10. The van der Waals surface area contributed by atoms with Crippen molar-refractivity contribution < 1.29 is 9.15 Å². The molecule has 3 nitrogen and oxygen atoms in total. The lowest BCUT2D eigenvalue weighted by molar-refractivity contribution is 0.417. The molecule has 2 rings (SSSR count). The molecule has 4 heteroatoms. The Hall–Kier alpha value is -1.16. The molecule has 1 aromatic heterocycles. The number of rotatable bonds is 1. The highest BCUT2D eigenvalue weighted by Crippen LogP contribution is 2.33. The smallest absolute Gasteiger partial charge is 0.170 e. The second kappa shape index (κ2) is 2.96. The van der Waals surface area contributed by atoms with Gasteiger partial charge in [0, 0.05) is 11.5 Å². The Morgan fingerprint density at radius 1 is 1.46 bits per heavy atom. The summed E-state index contributed by atoms with van der Waals surface area (Å²) in [6.45, 7) is 0. The molecule has 0 amide bonds. The first-order chi connectivity index (χ1) is 6.22. The van der Waals surface area contributed by atoms with Crippen molar-refractivity contribution in [1.29, 1.82) is 0 Å². The number of nitrogens with two attached hydrogens (primary N) is 1. The van der Waals surface area contributed by atoms with E-state index >= 15 is 0 Å². The second-order valence-electron chi connectivity index (χ2n) is 2.64. The molecule has 0 spiro atoms. The molecule has 2 N–H and O–H groups in total. The van der Waals surface area contributed by atoms with E-state index in [0.717, 1.165) is 11.0 Å². The molecule has 0 unspecified atom stereocenters. The van der Waals surface area contributed by atoms with Gasteiger partial charge in [-0.05, 0) is 28.1 Å². The number of hydrogen-bond acceptors (Lipinski definition) is 3. The van der Waals surface area contributed by atoms with Crippen LogP contribution in [-0.4, -0.2) is 7.11 Å². The van der Waals surface area contributed by atoms with Crippen LogP contribution in [-0.2, 0) is 0 Å². The van der Waals surface area contributed by atoms with Crippen LogP contribution in [0.1, 0.15) is 0 Å². The molecule has 13 heavy (non-hydrogen) atoms. The molecular weight excluding hydrogens is 234 g/mol. The molecular formula is C9H8BrNO2. The monoisotopic (exact) mass is 241 g/mol. The molecule has 0 aliphatic carbocycles. The first-order valence-corrected chi connectivity index (χ1v) is 4.53. The van der Waals surface area contributed by atoms with E-state index in [1.54, 1.807) is 13.2 Å². The van der Waals surface area contributed by atoms with Gasteiger partial charge in [0.15, 0.2) is 4.67 Å². The van der Waals surface area contributed by atoms with Gasteiger partial charge in [0.25, 0.3) is 0 Å². The van der Waals surface area contributed by atoms with Crippen molar-refractivity contribution in [3.05, 3.63) is 22.9 Å². The fourth-order valence-corrected chi connectivity index (χ4v) is 1.66. The summed E-state index contributed by atoms with van der Waals surface area (Å²) < 4.78 is 11.1. The zero-order valence-corrected chi connectivity index (χ0v) is 8.59. The van der Waals surface area contributed by atoms with Gasteiger partial charge in [0.05, 0.1) is 12.8 Å². The molecule has 0 saturated carbocycles. The molecule has 0 aliphatic heterocycles. The van der Waals surface area contributed by atoms with Gasteiger partial charge >= 0.3 is 0 Å². The maximum absolute atomic E-state index is 5.84. The normalized spacial score (nSPS) is 10.6. The molecule has 0 aliphatic rings. The van der Waals surface area contributed by atoms with Crippen LogP contribution < -0.4 is 10.5 Å². The minimum Gasteiger partial charge on any atom is -0.495 e. The Kier molecular flexibility index (Phi) is 1.92. The number of hydrogen-bond donors (Lipinski definition) is 1. The summed E-state index contributed by atoms with van der Waals surface area (Å²) in [4.78, 5) is 0. The maximum atomic E-state index is 5.84. The molecule has 2 aromatic rings. The summed E-state index contributed by atoms with van der Waals surface area (Å²) in [5, 5.41) is 0.867. The number of benzene rings is 1. The minimum atomic E-state index is 0.606. The van der Waals surface area contributed by atoms with E-state index in [1.165, 1.54) is 0 Å². The van der Waals surface area contributed by atoms with Crippen molar-refractivity contribution >= 4 is 32.6 Å².